The summed E-state index contributed by atoms with van der Waals surface area (Å²) in [5.41, 5.74) is 2.66. The summed E-state index contributed by atoms with van der Waals surface area (Å²) in [6, 6.07) is 15.1. The molecular formula is C19H16ClN3O2. The number of methoxy groups -OCH3 is 1. The first-order valence-electron chi connectivity index (χ1n) is 7.70. The summed E-state index contributed by atoms with van der Waals surface area (Å²) in [5, 5.41) is 23.2. The molecule has 3 aromatic rings. The SMILES string of the molecule is COc1ccc2nc(NCCO)c(C#N)c(-c3cccc(Cl)c3)c2c1. The fraction of sp³-hybridized carbons (Fsp3) is 0.158. The normalized spacial score (nSPS) is 10.5. The fourth-order valence-electron chi connectivity index (χ4n) is 2.72. The maximum Gasteiger partial charge on any atom is 0.145 e. The van der Waals surface area contributed by atoms with Crippen LogP contribution in [0.2, 0.25) is 5.02 Å². The van der Waals surface area contributed by atoms with E-state index in [1.807, 2.05) is 36.4 Å². The van der Waals surface area contributed by atoms with Crippen LogP contribution in [0.3, 0.4) is 0 Å². The largest absolute Gasteiger partial charge is 0.497 e. The van der Waals surface area contributed by atoms with Gasteiger partial charge in [-0.15, -0.1) is 0 Å². The Balaban J connectivity index is 2.37. The molecule has 126 valence electrons. The Morgan fingerprint density at radius 3 is 2.80 bits per heavy atom. The summed E-state index contributed by atoms with van der Waals surface area (Å²) in [5.74, 6) is 1.11. The number of hydrogen-bond donors (Lipinski definition) is 2. The number of halogens is 1. The molecule has 0 atom stereocenters. The first-order valence-corrected chi connectivity index (χ1v) is 8.08. The van der Waals surface area contributed by atoms with Crippen molar-refractivity contribution >= 4 is 28.3 Å². The third-order valence-electron chi connectivity index (χ3n) is 3.82. The van der Waals surface area contributed by atoms with E-state index in [0.29, 0.717) is 28.7 Å². The van der Waals surface area contributed by atoms with Gasteiger partial charge in [-0.05, 0) is 35.9 Å². The predicted octanol–water partition coefficient (Wildman–Crippen LogP) is 3.84. The minimum atomic E-state index is -0.0559. The summed E-state index contributed by atoms with van der Waals surface area (Å²) in [4.78, 5) is 4.53. The monoisotopic (exact) mass is 353 g/mol. The van der Waals surface area contributed by atoms with Crippen LogP contribution in [0.5, 0.6) is 5.75 Å². The Hall–Kier alpha value is -2.81. The van der Waals surface area contributed by atoms with Crippen LogP contribution in [0.25, 0.3) is 22.0 Å². The molecule has 6 heteroatoms. The molecular weight excluding hydrogens is 338 g/mol. The number of nitrogens with zero attached hydrogens (tertiary/aromatic N) is 2. The zero-order valence-corrected chi connectivity index (χ0v) is 14.3. The predicted molar refractivity (Wildman–Crippen MR) is 99.0 cm³/mol. The smallest absolute Gasteiger partial charge is 0.145 e. The van der Waals surface area contributed by atoms with E-state index in [1.165, 1.54) is 0 Å². The number of ether oxygens (including phenoxy) is 1. The lowest BCUT2D eigenvalue weighted by atomic mass is 9.96. The molecule has 0 unspecified atom stereocenters. The van der Waals surface area contributed by atoms with Crippen molar-refractivity contribution < 1.29 is 9.84 Å². The van der Waals surface area contributed by atoms with Crippen LogP contribution >= 0.6 is 11.6 Å². The van der Waals surface area contributed by atoms with Gasteiger partial charge < -0.3 is 15.2 Å². The van der Waals surface area contributed by atoms with E-state index >= 15 is 0 Å². The van der Waals surface area contributed by atoms with Crippen molar-refractivity contribution in [1.82, 2.24) is 4.98 Å². The third kappa shape index (κ3) is 3.36. The lowest BCUT2D eigenvalue weighted by molar-refractivity contribution is 0.311. The number of aliphatic hydroxyl groups is 1. The van der Waals surface area contributed by atoms with Crippen molar-refractivity contribution in [1.29, 1.82) is 5.26 Å². The number of nitriles is 1. The maximum absolute atomic E-state index is 9.76. The van der Waals surface area contributed by atoms with Crippen LogP contribution in [0.1, 0.15) is 5.56 Å². The van der Waals surface area contributed by atoms with Crippen molar-refractivity contribution in [3.05, 3.63) is 53.1 Å². The van der Waals surface area contributed by atoms with Gasteiger partial charge in [0.05, 0.1) is 19.2 Å². The Morgan fingerprint density at radius 2 is 2.12 bits per heavy atom. The van der Waals surface area contributed by atoms with E-state index < -0.39 is 0 Å². The summed E-state index contributed by atoms with van der Waals surface area (Å²) >= 11 is 6.15. The molecule has 0 fully saturated rings. The fourth-order valence-corrected chi connectivity index (χ4v) is 2.91. The van der Waals surface area contributed by atoms with Gasteiger partial charge in [0.15, 0.2) is 0 Å². The Morgan fingerprint density at radius 1 is 1.28 bits per heavy atom. The van der Waals surface area contributed by atoms with Gasteiger partial charge in [-0.25, -0.2) is 4.98 Å². The number of nitrogens with one attached hydrogen (secondary N) is 1. The van der Waals surface area contributed by atoms with Crippen molar-refractivity contribution in [2.45, 2.75) is 0 Å². The van der Waals surface area contributed by atoms with E-state index in [9.17, 15) is 5.26 Å². The van der Waals surface area contributed by atoms with Crippen molar-refractivity contribution in [3.8, 4) is 22.9 Å². The molecule has 0 saturated carbocycles. The van der Waals surface area contributed by atoms with E-state index in [0.717, 1.165) is 22.0 Å². The minimum Gasteiger partial charge on any atom is -0.497 e. The highest BCUT2D eigenvalue weighted by Gasteiger charge is 2.17. The Kier molecular flexibility index (Phi) is 5.03. The number of anilines is 1. The lowest BCUT2D eigenvalue weighted by Crippen LogP contribution is -2.09. The number of hydrogen-bond acceptors (Lipinski definition) is 5. The van der Waals surface area contributed by atoms with Crippen molar-refractivity contribution in [3.63, 3.8) is 0 Å². The standard InChI is InChI=1S/C19H16ClN3O2/c1-25-14-5-6-17-15(10-14)18(12-3-2-4-13(20)9-12)16(11-21)19(23-17)22-7-8-24/h2-6,9-10,24H,7-8H2,1H3,(H,22,23). The van der Waals surface area contributed by atoms with Crippen LogP contribution in [0.4, 0.5) is 5.82 Å². The average molecular weight is 354 g/mol. The number of aliphatic hydroxyl groups excluding tert-OH is 1. The Bertz CT molecular complexity index is 967. The van der Waals surface area contributed by atoms with Gasteiger partial charge in [-0.3, -0.25) is 0 Å². The molecule has 0 aliphatic heterocycles. The van der Waals surface area contributed by atoms with Crippen LogP contribution in [0.15, 0.2) is 42.5 Å². The molecule has 0 aliphatic carbocycles. The maximum atomic E-state index is 9.76. The molecule has 25 heavy (non-hydrogen) atoms. The average Bonchev–Trinajstić information content (AvgIpc) is 2.64. The zero-order chi connectivity index (χ0) is 17.8. The highest BCUT2D eigenvalue weighted by Crippen LogP contribution is 2.37. The molecule has 0 radical (unpaired) electrons. The van der Waals surface area contributed by atoms with Crippen molar-refractivity contribution in [2.75, 3.05) is 25.6 Å². The number of pyridine rings is 1. The number of fused-ring (bicyclic) bond motifs is 1. The van der Waals surface area contributed by atoms with Gasteiger partial charge in [-0.1, -0.05) is 23.7 Å². The molecule has 0 spiro atoms. The zero-order valence-electron chi connectivity index (χ0n) is 13.6. The first kappa shape index (κ1) is 17.0. The van der Waals surface area contributed by atoms with Gasteiger partial charge in [0, 0.05) is 22.5 Å². The molecule has 1 heterocycles. The number of benzene rings is 2. The van der Waals surface area contributed by atoms with Gasteiger partial charge in [0.2, 0.25) is 0 Å². The van der Waals surface area contributed by atoms with E-state index in [2.05, 4.69) is 16.4 Å². The molecule has 2 N–H and O–H groups in total. The third-order valence-corrected chi connectivity index (χ3v) is 4.06. The molecule has 0 aliphatic rings. The second-order valence-corrected chi connectivity index (χ2v) is 5.80. The molecule has 1 aromatic heterocycles. The van der Waals surface area contributed by atoms with E-state index in [-0.39, 0.29) is 6.61 Å². The van der Waals surface area contributed by atoms with Crippen molar-refractivity contribution in [2.24, 2.45) is 0 Å². The number of rotatable bonds is 5. The van der Waals surface area contributed by atoms with Crippen LogP contribution in [-0.2, 0) is 0 Å². The Labute approximate surface area is 150 Å². The number of aromatic nitrogens is 1. The molecule has 0 saturated heterocycles. The lowest BCUT2D eigenvalue weighted by Gasteiger charge is -2.15. The van der Waals surface area contributed by atoms with Gasteiger partial charge in [0.1, 0.15) is 23.2 Å². The van der Waals surface area contributed by atoms with Crippen LogP contribution in [-0.4, -0.2) is 30.4 Å². The molecule has 0 amide bonds. The second-order valence-electron chi connectivity index (χ2n) is 5.37. The summed E-state index contributed by atoms with van der Waals surface area (Å²) in [7, 11) is 1.59. The van der Waals surface area contributed by atoms with Gasteiger partial charge >= 0.3 is 0 Å². The second kappa shape index (κ2) is 7.39. The quantitative estimate of drug-likeness (QED) is 0.728. The molecule has 0 bridgehead atoms. The molecule has 2 aromatic carbocycles. The van der Waals surface area contributed by atoms with Crippen LogP contribution < -0.4 is 10.1 Å². The van der Waals surface area contributed by atoms with Crippen LogP contribution in [0, 0.1) is 11.3 Å². The van der Waals surface area contributed by atoms with E-state index in [1.54, 1.807) is 13.2 Å². The topological polar surface area (TPSA) is 78.2 Å². The van der Waals surface area contributed by atoms with E-state index in [4.69, 9.17) is 21.4 Å². The summed E-state index contributed by atoms with van der Waals surface area (Å²) in [6.45, 7) is 0.248. The first-order chi connectivity index (χ1) is 12.2. The summed E-state index contributed by atoms with van der Waals surface area (Å²) in [6.07, 6.45) is 0. The molecule has 3 rings (SSSR count). The minimum absolute atomic E-state index is 0.0559. The highest BCUT2D eigenvalue weighted by molar-refractivity contribution is 6.31. The van der Waals surface area contributed by atoms with Gasteiger partial charge in [0.25, 0.3) is 0 Å². The highest BCUT2D eigenvalue weighted by atomic mass is 35.5. The van der Waals surface area contributed by atoms with Gasteiger partial charge in [-0.2, -0.15) is 5.26 Å². The molecule has 5 nitrogen and oxygen atoms in total. The summed E-state index contributed by atoms with van der Waals surface area (Å²) < 4.78 is 5.32.